The molecule has 0 aliphatic rings. The molecule has 9 rings (SSSR count). The summed E-state index contributed by atoms with van der Waals surface area (Å²) in [6.45, 7) is 0. The van der Waals surface area contributed by atoms with Gasteiger partial charge in [0.25, 0.3) is 0 Å². The number of fused-ring (bicyclic) bond motifs is 3. The summed E-state index contributed by atoms with van der Waals surface area (Å²) in [4.78, 5) is 2.38. The molecule has 0 saturated heterocycles. The fraction of sp³-hybridized carbons (Fsp3) is 0.0385. The number of rotatable bonds is 10. The maximum absolute atomic E-state index is 6.09. The van der Waals surface area contributed by atoms with Crippen LogP contribution in [0.5, 0.6) is 0 Å². The Labute approximate surface area is 316 Å². The van der Waals surface area contributed by atoms with Crippen LogP contribution in [-0.2, 0) is 6.42 Å². The monoisotopic (exact) mass is 693 g/mol. The molecule has 0 unspecified atom stereocenters. The van der Waals surface area contributed by atoms with Crippen molar-refractivity contribution in [1.82, 2.24) is 0 Å². The van der Waals surface area contributed by atoms with E-state index in [4.69, 9.17) is 4.42 Å². The molecule has 2 nitrogen and oxygen atoms in total. The zero-order valence-corrected chi connectivity index (χ0v) is 30.0. The summed E-state index contributed by atoms with van der Waals surface area (Å²) in [6, 6.07) is 69.3. The third-order valence-corrected chi connectivity index (χ3v) is 10.3. The maximum atomic E-state index is 6.09. The van der Waals surface area contributed by atoms with Crippen LogP contribution >= 0.6 is 0 Å². The molecular weight excluding hydrogens is 655 g/mol. The first kappa shape index (κ1) is 33.0. The van der Waals surface area contributed by atoms with Gasteiger partial charge in [0.1, 0.15) is 5.58 Å². The average Bonchev–Trinajstić information content (AvgIpc) is 3.67. The van der Waals surface area contributed by atoms with E-state index in [0.29, 0.717) is 0 Å². The normalized spacial score (nSPS) is 11.4. The third kappa shape index (κ3) is 6.62. The van der Waals surface area contributed by atoms with E-state index in [2.05, 4.69) is 211 Å². The van der Waals surface area contributed by atoms with E-state index < -0.39 is 0 Å². The molecule has 54 heavy (non-hydrogen) atoms. The zero-order valence-electron chi connectivity index (χ0n) is 30.0. The van der Waals surface area contributed by atoms with E-state index >= 15 is 0 Å². The van der Waals surface area contributed by atoms with E-state index in [1.807, 2.05) is 6.26 Å². The number of para-hydroxylation sites is 1. The molecule has 8 aromatic carbocycles. The lowest BCUT2D eigenvalue weighted by Crippen LogP contribution is -2.11. The number of allylic oxidation sites excluding steroid dienone is 1. The molecule has 0 bridgehead atoms. The van der Waals surface area contributed by atoms with Crippen molar-refractivity contribution in [3.05, 3.63) is 218 Å². The van der Waals surface area contributed by atoms with Gasteiger partial charge in [-0.05, 0) is 87.5 Å². The lowest BCUT2D eigenvalue weighted by Gasteiger charge is -2.28. The van der Waals surface area contributed by atoms with Crippen molar-refractivity contribution in [3.63, 3.8) is 0 Å². The predicted molar refractivity (Wildman–Crippen MR) is 229 cm³/mol. The molecule has 0 spiro atoms. The summed E-state index contributed by atoms with van der Waals surface area (Å²) in [5.41, 5.74) is 13.9. The minimum atomic E-state index is 0.908. The average molecular weight is 694 g/mol. The van der Waals surface area contributed by atoms with Crippen molar-refractivity contribution in [2.75, 3.05) is 4.90 Å². The molecule has 0 N–H and O–H groups in total. The molecule has 0 fully saturated rings. The zero-order chi connectivity index (χ0) is 36.1. The third-order valence-electron chi connectivity index (χ3n) is 10.3. The number of nitrogens with zero attached hydrogens (tertiary/aromatic N) is 1. The minimum Gasteiger partial charge on any atom is -0.463 e. The van der Waals surface area contributed by atoms with E-state index in [1.165, 1.54) is 55.3 Å². The van der Waals surface area contributed by atoms with Gasteiger partial charge in [0.2, 0.25) is 0 Å². The fourth-order valence-corrected chi connectivity index (χ4v) is 7.54. The van der Waals surface area contributed by atoms with Gasteiger partial charge < -0.3 is 9.32 Å². The maximum Gasteiger partial charge on any atom is 0.141 e. The van der Waals surface area contributed by atoms with E-state index in [1.54, 1.807) is 0 Å². The summed E-state index contributed by atoms with van der Waals surface area (Å²) in [7, 11) is 0. The van der Waals surface area contributed by atoms with Gasteiger partial charge in [-0.25, -0.2) is 0 Å². The van der Waals surface area contributed by atoms with Crippen LogP contribution in [0.25, 0.3) is 61.2 Å². The van der Waals surface area contributed by atoms with Crippen molar-refractivity contribution in [2.45, 2.75) is 12.8 Å². The van der Waals surface area contributed by atoms with Crippen LogP contribution in [-0.4, -0.2) is 0 Å². The first-order chi connectivity index (χ1) is 26.8. The Hall–Kier alpha value is -6.90. The van der Waals surface area contributed by atoms with Crippen LogP contribution in [0.4, 0.5) is 17.1 Å². The number of anilines is 3. The Kier molecular flexibility index (Phi) is 9.15. The van der Waals surface area contributed by atoms with Gasteiger partial charge in [0, 0.05) is 27.7 Å². The van der Waals surface area contributed by atoms with Crippen molar-refractivity contribution >= 4 is 44.9 Å². The summed E-state index contributed by atoms with van der Waals surface area (Å²) >= 11 is 0. The quantitative estimate of drug-likeness (QED) is 0.142. The molecule has 258 valence electrons. The minimum absolute atomic E-state index is 0.908. The summed E-state index contributed by atoms with van der Waals surface area (Å²) in [6.07, 6.45) is 8.32. The van der Waals surface area contributed by atoms with Gasteiger partial charge in [-0.2, -0.15) is 0 Å². The molecule has 0 aliphatic carbocycles. The molecule has 1 heterocycles. The van der Waals surface area contributed by atoms with Gasteiger partial charge in [-0.15, -0.1) is 0 Å². The molecule has 0 aliphatic heterocycles. The highest BCUT2D eigenvalue weighted by Gasteiger charge is 2.18. The van der Waals surface area contributed by atoms with Gasteiger partial charge in [-0.1, -0.05) is 176 Å². The van der Waals surface area contributed by atoms with Gasteiger partial charge in [0.15, 0.2) is 0 Å². The highest BCUT2D eigenvalue weighted by molar-refractivity contribution is 6.05. The number of benzene rings is 8. The highest BCUT2D eigenvalue weighted by atomic mass is 16.3. The van der Waals surface area contributed by atoms with Gasteiger partial charge >= 0.3 is 0 Å². The lowest BCUT2D eigenvalue weighted by atomic mass is 9.96. The Morgan fingerprint density at radius 2 is 1.00 bits per heavy atom. The fourth-order valence-electron chi connectivity index (χ4n) is 7.54. The van der Waals surface area contributed by atoms with E-state index in [-0.39, 0.29) is 0 Å². The van der Waals surface area contributed by atoms with Crippen molar-refractivity contribution in [1.29, 1.82) is 0 Å². The highest BCUT2D eigenvalue weighted by Crippen LogP contribution is 2.43. The SMILES string of the molecule is C(=C\c1ccccc1-c1ccccc1N(c1ccc(-c2ccccc2)cc1)c1ccc(-c2ccccc2)cc1)/CCc1coc2c1ccc1ccccc12. The molecule has 2 heteroatoms. The topological polar surface area (TPSA) is 16.4 Å². The second kappa shape index (κ2) is 15.0. The largest absolute Gasteiger partial charge is 0.463 e. The number of hydrogen-bond donors (Lipinski definition) is 0. The Bertz CT molecular complexity index is 2610. The smallest absolute Gasteiger partial charge is 0.141 e. The molecule has 9 aromatic rings. The van der Waals surface area contributed by atoms with Crippen molar-refractivity contribution in [3.8, 4) is 33.4 Å². The first-order valence-electron chi connectivity index (χ1n) is 18.6. The molecule has 0 amide bonds. The van der Waals surface area contributed by atoms with E-state index in [0.717, 1.165) is 40.9 Å². The van der Waals surface area contributed by atoms with Crippen LogP contribution in [0.1, 0.15) is 17.5 Å². The van der Waals surface area contributed by atoms with Crippen molar-refractivity contribution < 1.29 is 4.42 Å². The Morgan fingerprint density at radius 3 is 1.69 bits per heavy atom. The summed E-state index contributed by atoms with van der Waals surface area (Å²) < 4.78 is 6.09. The molecule has 0 radical (unpaired) electrons. The molecular formula is C52H39NO. The van der Waals surface area contributed by atoms with Crippen LogP contribution in [0.15, 0.2) is 211 Å². The number of furan rings is 1. The first-order valence-corrected chi connectivity index (χ1v) is 18.6. The standard InChI is InChI=1S/C52H39NO/c1-3-15-38(16-4-1)40-27-32-45(33-28-40)53(46-34-29-41(30-35-46)39-17-5-2-6-18-39)51-26-14-13-25-50(51)47-23-11-9-20-42(47)19-7-8-22-44-37-54-52-48-24-12-10-21-43(48)31-36-49(44)52/h1-7,9-21,23-37H,8,22H2/b19-7+. The number of hydrogen-bond acceptors (Lipinski definition) is 2. The van der Waals surface area contributed by atoms with Gasteiger partial charge in [0.05, 0.1) is 12.0 Å². The lowest BCUT2D eigenvalue weighted by molar-refractivity contribution is 0.613. The van der Waals surface area contributed by atoms with Crippen LogP contribution in [0.3, 0.4) is 0 Å². The van der Waals surface area contributed by atoms with Crippen LogP contribution < -0.4 is 4.90 Å². The van der Waals surface area contributed by atoms with E-state index in [9.17, 15) is 0 Å². The molecule has 0 atom stereocenters. The molecule has 0 saturated carbocycles. The van der Waals surface area contributed by atoms with Gasteiger partial charge in [-0.3, -0.25) is 0 Å². The summed E-state index contributed by atoms with van der Waals surface area (Å²) in [5.74, 6) is 0. The summed E-state index contributed by atoms with van der Waals surface area (Å²) in [5, 5.41) is 3.57. The second-order valence-electron chi connectivity index (χ2n) is 13.6. The molecule has 1 aromatic heterocycles. The van der Waals surface area contributed by atoms with Crippen molar-refractivity contribution in [2.24, 2.45) is 0 Å². The number of aryl methyl sites for hydroxylation is 1. The van der Waals surface area contributed by atoms with Crippen LogP contribution in [0.2, 0.25) is 0 Å². The predicted octanol–water partition coefficient (Wildman–Crippen LogP) is 14.7. The Balaban J connectivity index is 1.05. The Morgan fingerprint density at radius 1 is 0.444 bits per heavy atom. The van der Waals surface area contributed by atoms with Crippen LogP contribution in [0, 0.1) is 0 Å². The second-order valence-corrected chi connectivity index (χ2v) is 13.6.